The number of carbonyl (C=O) groups excluding carboxylic acids is 1. The van der Waals surface area contributed by atoms with Gasteiger partial charge in [-0.2, -0.15) is 0 Å². The van der Waals surface area contributed by atoms with Crippen molar-refractivity contribution in [1.29, 1.82) is 0 Å². The molecule has 0 unspecified atom stereocenters. The molecule has 1 aromatic heterocycles. The molecule has 1 aliphatic rings. The fourth-order valence-corrected chi connectivity index (χ4v) is 3.20. The highest BCUT2D eigenvalue weighted by atomic mass is 16.3. The maximum absolute atomic E-state index is 12.4. The van der Waals surface area contributed by atoms with Crippen LogP contribution in [0.25, 0.3) is 0 Å². The second-order valence-electron chi connectivity index (χ2n) is 6.64. The highest BCUT2D eigenvalue weighted by Gasteiger charge is 2.34. The minimum Gasteiger partial charge on any atom is -0.388 e. The molecule has 1 aliphatic heterocycles. The van der Waals surface area contributed by atoms with E-state index in [1.807, 2.05) is 35.2 Å². The van der Waals surface area contributed by atoms with Crippen LogP contribution in [0.3, 0.4) is 0 Å². The molecule has 1 aromatic carbocycles. The van der Waals surface area contributed by atoms with E-state index in [1.165, 1.54) is 23.2 Å². The van der Waals surface area contributed by atoms with E-state index in [0.717, 1.165) is 12.0 Å². The molecule has 0 spiro atoms. The molecule has 6 heteroatoms. The van der Waals surface area contributed by atoms with Crippen LogP contribution >= 0.6 is 0 Å². The van der Waals surface area contributed by atoms with E-state index < -0.39 is 5.60 Å². The third-order valence-electron chi connectivity index (χ3n) is 4.77. The van der Waals surface area contributed by atoms with Crippen molar-refractivity contribution in [2.75, 3.05) is 13.1 Å². The Hall–Kier alpha value is -2.47. The summed E-state index contributed by atoms with van der Waals surface area (Å²) in [5, 5.41) is 10.7. The van der Waals surface area contributed by atoms with Gasteiger partial charge < -0.3 is 10.0 Å². The third-order valence-corrected chi connectivity index (χ3v) is 4.77. The monoisotopic (exact) mass is 341 g/mol. The molecular weight excluding hydrogens is 318 g/mol. The SMILES string of the molecule is O=C(CCc1ccccc1)N1CCC(O)(Cn2cnccc2=O)CC1. The molecule has 1 saturated heterocycles. The number of benzene rings is 1. The molecule has 1 N–H and O–H groups in total. The molecular formula is C19H23N3O3. The number of hydrogen-bond donors (Lipinski definition) is 1. The van der Waals surface area contributed by atoms with Gasteiger partial charge in [0.25, 0.3) is 5.56 Å². The van der Waals surface area contributed by atoms with Gasteiger partial charge >= 0.3 is 0 Å². The van der Waals surface area contributed by atoms with E-state index in [1.54, 1.807) is 0 Å². The quantitative estimate of drug-likeness (QED) is 0.887. The van der Waals surface area contributed by atoms with Crippen LogP contribution in [0, 0.1) is 0 Å². The second-order valence-corrected chi connectivity index (χ2v) is 6.64. The van der Waals surface area contributed by atoms with Crippen LogP contribution in [-0.2, 0) is 17.8 Å². The van der Waals surface area contributed by atoms with E-state index in [9.17, 15) is 14.7 Å². The molecule has 0 radical (unpaired) electrons. The summed E-state index contributed by atoms with van der Waals surface area (Å²) in [5.74, 6) is 0.115. The fraction of sp³-hybridized carbons (Fsp3) is 0.421. The van der Waals surface area contributed by atoms with Gasteiger partial charge in [0.05, 0.1) is 18.5 Å². The van der Waals surface area contributed by atoms with Crippen molar-refractivity contribution in [2.24, 2.45) is 0 Å². The summed E-state index contributed by atoms with van der Waals surface area (Å²) < 4.78 is 1.42. The van der Waals surface area contributed by atoms with Gasteiger partial charge in [-0.05, 0) is 24.8 Å². The molecule has 25 heavy (non-hydrogen) atoms. The Morgan fingerprint density at radius 3 is 2.56 bits per heavy atom. The largest absolute Gasteiger partial charge is 0.388 e. The van der Waals surface area contributed by atoms with Gasteiger partial charge in [0.1, 0.15) is 0 Å². The van der Waals surface area contributed by atoms with Crippen LogP contribution in [-0.4, -0.2) is 44.2 Å². The van der Waals surface area contributed by atoms with E-state index in [2.05, 4.69) is 4.98 Å². The van der Waals surface area contributed by atoms with Crippen LogP contribution in [0.1, 0.15) is 24.8 Å². The molecule has 0 bridgehead atoms. The Bertz CT molecular complexity index is 765. The summed E-state index contributed by atoms with van der Waals surface area (Å²) in [6, 6.07) is 11.3. The zero-order valence-electron chi connectivity index (χ0n) is 14.2. The lowest BCUT2D eigenvalue weighted by atomic mass is 9.91. The highest BCUT2D eigenvalue weighted by molar-refractivity contribution is 5.76. The molecule has 1 fully saturated rings. The minimum atomic E-state index is -0.969. The summed E-state index contributed by atoms with van der Waals surface area (Å²) in [5.41, 5.74) is 0.00778. The smallest absolute Gasteiger partial charge is 0.253 e. The number of piperidine rings is 1. The summed E-state index contributed by atoms with van der Waals surface area (Å²) >= 11 is 0. The van der Waals surface area contributed by atoms with Gasteiger partial charge in [-0.3, -0.25) is 14.2 Å². The fourth-order valence-electron chi connectivity index (χ4n) is 3.20. The van der Waals surface area contributed by atoms with Gasteiger partial charge in [-0.15, -0.1) is 0 Å². The van der Waals surface area contributed by atoms with Gasteiger partial charge in [0, 0.05) is 31.8 Å². The van der Waals surface area contributed by atoms with Gasteiger partial charge in [-0.25, -0.2) is 4.98 Å². The molecule has 1 amide bonds. The van der Waals surface area contributed by atoms with E-state index in [0.29, 0.717) is 32.4 Å². The van der Waals surface area contributed by atoms with E-state index in [-0.39, 0.29) is 18.0 Å². The Kier molecular flexibility index (Phi) is 5.28. The first-order chi connectivity index (χ1) is 12.1. The van der Waals surface area contributed by atoms with E-state index in [4.69, 9.17) is 0 Å². The number of rotatable bonds is 5. The lowest BCUT2D eigenvalue weighted by Crippen LogP contribution is -2.49. The summed E-state index contributed by atoms with van der Waals surface area (Å²) in [7, 11) is 0. The number of aryl methyl sites for hydroxylation is 1. The molecule has 0 aliphatic carbocycles. The van der Waals surface area contributed by atoms with Crippen molar-refractivity contribution in [1.82, 2.24) is 14.5 Å². The van der Waals surface area contributed by atoms with Crippen molar-refractivity contribution in [3.05, 3.63) is 64.8 Å². The first-order valence-corrected chi connectivity index (χ1v) is 8.60. The standard InChI is InChI=1S/C19H23N3O3/c23-17(7-6-16-4-2-1-3-5-16)21-12-9-19(25,10-13-21)14-22-15-20-11-8-18(22)24/h1-5,8,11,15,25H,6-7,9-10,12-14H2. The van der Waals surface area contributed by atoms with Crippen LogP contribution in [0.15, 0.2) is 53.7 Å². The van der Waals surface area contributed by atoms with Crippen molar-refractivity contribution in [2.45, 2.75) is 37.8 Å². The van der Waals surface area contributed by atoms with Gasteiger partial charge in [0.15, 0.2) is 0 Å². The molecule has 0 saturated carbocycles. The molecule has 0 atom stereocenters. The first-order valence-electron chi connectivity index (χ1n) is 8.60. The normalized spacial score (nSPS) is 16.6. The van der Waals surface area contributed by atoms with Crippen molar-refractivity contribution >= 4 is 5.91 Å². The lowest BCUT2D eigenvalue weighted by molar-refractivity contribution is -0.135. The summed E-state index contributed by atoms with van der Waals surface area (Å²) in [6.45, 7) is 1.24. The molecule has 6 nitrogen and oxygen atoms in total. The third kappa shape index (κ3) is 4.54. The number of carbonyl (C=O) groups is 1. The maximum atomic E-state index is 12.4. The average molecular weight is 341 g/mol. The molecule has 132 valence electrons. The number of hydrogen-bond acceptors (Lipinski definition) is 4. The number of amides is 1. The Morgan fingerprint density at radius 1 is 1.16 bits per heavy atom. The predicted molar refractivity (Wildman–Crippen MR) is 94.0 cm³/mol. The van der Waals surface area contributed by atoms with E-state index >= 15 is 0 Å². The highest BCUT2D eigenvalue weighted by Crippen LogP contribution is 2.24. The molecule has 2 heterocycles. The summed E-state index contributed by atoms with van der Waals surface area (Å²) in [6.07, 6.45) is 5.02. The topological polar surface area (TPSA) is 75.4 Å². The number of nitrogens with zero attached hydrogens (tertiary/aromatic N) is 3. The second kappa shape index (κ2) is 7.61. The number of aromatic nitrogens is 2. The Balaban J connectivity index is 1.51. The number of aliphatic hydroxyl groups is 1. The Labute approximate surface area is 146 Å². The summed E-state index contributed by atoms with van der Waals surface area (Å²) in [4.78, 5) is 29.9. The predicted octanol–water partition coefficient (Wildman–Crippen LogP) is 1.23. The maximum Gasteiger partial charge on any atom is 0.253 e. The van der Waals surface area contributed by atoms with Crippen molar-refractivity contribution in [3.8, 4) is 0 Å². The van der Waals surface area contributed by atoms with Crippen LogP contribution < -0.4 is 5.56 Å². The van der Waals surface area contributed by atoms with Gasteiger partial charge in [-0.1, -0.05) is 30.3 Å². The molecule has 3 rings (SSSR count). The molecule has 2 aromatic rings. The average Bonchev–Trinajstić information content (AvgIpc) is 2.63. The lowest BCUT2D eigenvalue weighted by Gasteiger charge is -2.38. The van der Waals surface area contributed by atoms with Crippen molar-refractivity contribution < 1.29 is 9.90 Å². The van der Waals surface area contributed by atoms with Gasteiger partial charge in [0.2, 0.25) is 5.91 Å². The van der Waals surface area contributed by atoms with Crippen LogP contribution in [0.5, 0.6) is 0 Å². The zero-order valence-corrected chi connectivity index (χ0v) is 14.2. The zero-order chi connectivity index (χ0) is 17.7. The first kappa shape index (κ1) is 17.4. The number of likely N-dealkylation sites (tertiary alicyclic amines) is 1. The van der Waals surface area contributed by atoms with Crippen LogP contribution in [0.4, 0.5) is 0 Å². The minimum absolute atomic E-state index is 0.115. The van der Waals surface area contributed by atoms with Crippen LogP contribution in [0.2, 0.25) is 0 Å². The van der Waals surface area contributed by atoms with Crippen molar-refractivity contribution in [3.63, 3.8) is 0 Å². The Morgan fingerprint density at radius 2 is 1.88 bits per heavy atom.